The van der Waals surface area contributed by atoms with E-state index in [0.29, 0.717) is 0 Å². The van der Waals surface area contributed by atoms with E-state index in [2.05, 4.69) is 40.4 Å². The number of rotatable bonds is 5. The smallest absolute Gasteiger partial charge is 0.114 e. The molecule has 0 saturated carbocycles. The van der Waals surface area contributed by atoms with Crippen LogP contribution in [-0.2, 0) is 0 Å². The van der Waals surface area contributed by atoms with E-state index in [1.165, 1.54) is 11.3 Å². The van der Waals surface area contributed by atoms with Crippen molar-refractivity contribution in [1.82, 2.24) is 9.97 Å². The molecule has 17 heavy (non-hydrogen) atoms. The summed E-state index contributed by atoms with van der Waals surface area (Å²) >= 11 is 1.71. The van der Waals surface area contributed by atoms with Gasteiger partial charge >= 0.3 is 0 Å². The highest BCUT2D eigenvalue weighted by atomic mass is 32.2. The first-order chi connectivity index (χ1) is 8.36. The van der Waals surface area contributed by atoms with Crippen molar-refractivity contribution >= 4 is 17.4 Å². The number of anilines is 1. The molecule has 1 aromatic heterocycles. The van der Waals surface area contributed by atoms with Crippen LogP contribution < -0.4 is 5.32 Å². The number of nitrogens with one attached hydrogen (secondary N) is 1. The Bertz CT molecular complexity index is 459. The standard InChI is InChI=1S/C13H15N3S/c1-11-4-2-3-5-12(11)15-8-9-17-13-10-14-6-7-16-13/h2-7,10,15H,8-9H2,1H3. The Kier molecular flexibility index (Phi) is 4.38. The summed E-state index contributed by atoms with van der Waals surface area (Å²) in [5.41, 5.74) is 2.48. The number of aryl methyl sites for hydroxylation is 1. The van der Waals surface area contributed by atoms with E-state index in [1.807, 2.05) is 6.07 Å². The molecular weight excluding hydrogens is 230 g/mol. The molecule has 0 spiro atoms. The minimum Gasteiger partial charge on any atom is -0.384 e. The second kappa shape index (κ2) is 6.25. The quantitative estimate of drug-likeness (QED) is 0.649. The predicted molar refractivity (Wildman–Crippen MR) is 72.4 cm³/mol. The number of hydrogen-bond donors (Lipinski definition) is 1. The molecule has 88 valence electrons. The molecule has 0 amide bonds. The second-order valence-electron chi connectivity index (χ2n) is 3.63. The van der Waals surface area contributed by atoms with Gasteiger partial charge in [0.2, 0.25) is 0 Å². The van der Waals surface area contributed by atoms with Crippen LogP contribution >= 0.6 is 11.8 Å². The van der Waals surface area contributed by atoms with E-state index in [1.54, 1.807) is 30.4 Å². The van der Waals surface area contributed by atoms with Crippen LogP contribution in [0.1, 0.15) is 5.56 Å². The lowest BCUT2D eigenvalue weighted by atomic mass is 10.2. The molecule has 0 aliphatic carbocycles. The molecule has 0 saturated heterocycles. The van der Waals surface area contributed by atoms with E-state index in [4.69, 9.17) is 0 Å². The van der Waals surface area contributed by atoms with Gasteiger partial charge in [0.15, 0.2) is 0 Å². The largest absolute Gasteiger partial charge is 0.384 e. The summed E-state index contributed by atoms with van der Waals surface area (Å²) in [7, 11) is 0. The van der Waals surface area contributed by atoms with Gasteiger partial charge in [0.1, 0.15) is 5.03 Å². The van der Waals surface area contributed by atoms with Gasteiger partial charge in [-0.1, -0.05) is 18.2 Å². The Balaban J connectivity index is 1.76. The number of hydrogen-bond acceptors (Lipinski definition) is 4. The van der Waals surface area contributed by atoms with Crippen molar-refractivity contribution in [3.05, 3.63) is 48.4 Å². The monoisotopic (exact) mass is 245 g/mol. The van der Waals surface area contributed by atoms with Crippen molar-refractivity contribution in [1.29, 1.82) is 0 Å². The molecule has 2 aromatic rings. The van der Waals surface area contributed by atoms with Crippen LogP contribution in [0.15, 0.2) is 47.9 Å². The van der Waals surface area contributed by atoms with Crippen LogP contribution in [0.2, 0.25) is 0 Å². The maximum Gasteiger partial charge on any atom is 0.114 e. The Morgan fingerprint density at radius 3 is 2.88 bits per heavy atom. The van der Waals surface area contributed by atoms with Crippen molar-refractivity contribution in [2.45, 2.75) is 11.9 Å². The Morgan fingerprint density at radius 2 is 2.12 bits per heavy atom. The van der Waals surface area contributed by atoms with Crippen molar-refractivity contribution in [2.24, 2.45) is 0 Å². The first-order valence-corrected chi connectivity index (χ1v) is 6.53. The number of benzene rings is 1. The maximum absolute atomic E-state index is 4.21. The molecule has 1 heterocycles. The highest BCUT2D eigenvalue weighted by molar-refractivity contribution is 7.99. The predicted octanol–water partition coefficient (Wildman–Crippen LogP) is 2.99. The number of thioether (sulfide) groups is 1. The highest BCUT2D eigenvalue weighted by Gasteiger charge is 1.97. The summed E-state index contributed by atoms with van der Waals surface area (Å²) in [6.45, 7) is 3.03. The Morgan fingerprint density at radius 1 is 1.24 bits per heavy atom. The fraction of sp³-hybridized carbons (Fsp3) is 0.231. The molecular formula is C13H15N3S. The zero-order valence-corrected chi connectivity index (χ0v) is 10.6. The topological polar surface area (TPSA) is 37.8 Å². The molecule has 0 aliphatic heterocycles. The maximum atomic E-state index is 4.21. The molecule has 2 rings (SSSR count). The molecule has 0 fully saturated rings. The van der Waals surface area contributed by atoms with Crippen molar-refractivity contribution in [2.75, 3.05) is 17.6 Å². The first-order valence-electron chi connectivity index (χ1n) is 5.54. The molecule has 4 heteroatoms. The zero-order valence-electron chi connectivity index (χ0n) is 9.76. The summed E-state index contributed by atoms with van der Waals surface area (Å²) in [6.07, 6.45) is 5.20. The van der Waals surface area contributed by atoms with Crippen molar-refractivity contribution in [3.63, 3.8) is 0 Å². The zero-order chi connectivity index (χ0) is 11.9. The Hall–Kier alpha value is -1.55. The third kappa shape index (κ3) is 3.75. The van der Waals surface area contributed by atoms with Crippen LogP contribution in [0.3, 0.4) is 0 Å². The number of para-hydroxylation sites is 1. The van der Waals surface area contributed by atoms with Crippen LogP contribution in [0.4, 0.5) is 5.69 Å². The van der Waals surface area contributed by atoms with Gasteiger partial charge in [0.25, 0.3) is 0 Å². The summed E-state index contributed by atoms with van der Waals surface area (Å²) in [6, 6.07) is 8.31. The fourth-order valence-corrected chi connectivity index (χ4v) is 2.16. The summed E-state index contributed by atoms with van der Waals surface area (Å²) in [5.74, 6) is 0.979. The van der Waals surface area contributed by atoms with E-state index in [9.17, 15) is 0 Å². The van der Waals surface area contributed by atoms with Gasteiger partial charge in [0, 0.05) is 30.4 Å². The van der Waals surface area contributed by atoms with Gasteiger partial charge in [-0.2, -0.15) is 0 Å². The van der Waals surface area contributed by atoms with Crippen LogP contribution in [0.25, 0.3) is 0 Å². The van der Waals surface area contributed by atoms with Gasteiger partial charge in [-0.3, -0.25) is 4.98 Å². The molecule has 0 atom stereocenters. The van der Waals surface area contributed by atoms with Gasteiger partial charge in [0.05, 0.1) is 6.20 Å². The first kappa shape index (κ1) is 11.9. The average molecular weight is 245 g/mol. The summed E-state index contributed by atoms with van der Waals surface area (Å²) in [4.78, 5) is 8.25. The van der Waals surface area contributed by atoms with Crippen LogP contribution in [0.5, 0.6) is 0 Å². The second-order valence-corrected chi connectivity index (χ2v) is 4.75. The van der Waals surface area contributed by atoms with Gasteiger partial charge in [-0.15, -0.1) is 11.8 Å². The molecule has 0 radical (unpaired) electrons. The van der Waals surface area contributed by atoms with E-state index < -0.39 is 0 Å². The average Bonchev–Trinajstić information content (AvgIpc) is 2.38. The highest BCUT2D eigenvalue weighted by Crippen LogP contribution is 2.15. The molecule has 3 nitrogen and oxygen atoms in total. The normalized spacial score (nSPS) is 10.2. The lowest BCUT2D eigenvalue weighted by molar-refractivity contribution is 1.05. The van der Waals surface area contributed by atoms with E-state index >= 15 is 0 Å². The van der Waals surface area contributed by atoms with Crippen LogP contribution in [-0.4, -0.2) is 22.3 Å². The number of nitrogens with zero attached hydrogens (tertiary/aromatic N) is 2. The Labute approximate surface area is 106 Å². The lowest BCUT2D eigenvalue weighted by Crippen LogP contribution is -2.05. The number of aromatic nitrogens is 2. The third-order valence-corrected chi connectivity index (χ3v) is 3.27. The molecule has 0 unspecified atom stereocenters. The van der Waals surface area contributed by atoms with Gasteiger partial charge < -0.3 is 5.32 Å². The minimum atomic E-state index is 0.923. The van der Waals surface area contributed by atoms with Gasteiger partial charge in [-0.25, -0.2) is 4.98 Å². The van der Waals surface area contributed by atoms with Crippen molar-refractivity contribution < 1.29 is 0 Å². The van der Waals surface area contributed by atoms with Crippen molar-refractivity contribution in [3.8, 4) is 0 Å². The van der Waals surface area contributed by atoms with Gasteiger partial charge in [-0.05, 0) is 18.6 Å². The SMILES string of the molecule is Cc1ccccc1NCCSc1cnccn1. The van der Waals surface area contributed by atoms with E-state index in [-0.39, 0.29) is 0 Å². The summed E-state index contributed by atoms with van der Waals surface area (Å²) in [5, 5.41) is 4.39. The lowest BCUT2D eigenvalue weighted by Gasteiger charge is -2.08. The molecule has 1 N–H and O–H groups in total. The molecule has 0 bridgehead atoms. The third-order valence-electron chi connectivity index (χ3n) is 2.35. The fourth-order valence-electron chi connectivity index (χ4n) is 1.47. The molecule has 0 aliphatic rings. The molecule has 1 aromatic carbocycles. The van der Waals surface area contributed by atoms with Crippen LogP contribution in [0, 0.1) is 6.92 Å². The summed E-state index contributed by atoms with van der Waals surface area (Å²) < 4.78 is 0. The minimum absolute atomic E-state index is 0.923. The van der Waals surface area contributed by atoms with E-state index in [0.717, 1.165) is 17.3 Å².